The highest BCUT2D eigenvalue weighted by Gasteiger charge is 2.50. The highest BCUT2D eigenvalue weighted by atomic mass is 19.4. The second kappa shape index (κ2) is 3.76. The van der Waals surface area contributed by atoms with Crippen LogP contribution in [0.2, 0.25) is 0 Å². The van der Waals surface area contributed by atoms with E-state index in [9.17, 15) is 26.3 Å². The Bertz CT molecular complexity index is 364. The molecule has 17 heavy (non-hydrogen) atoms. The maximum Gasteiger partial charge on any atom is 0.413 e. The molecule has 2 bridgehead atoms. The fourth-order valence-electron chi connectivity index (χ4n) is 2.14. The summed E-state index contributed by atoms with van der Waals surface area (Å²) in [5.74, 6) is -1.82. The first-order valence-electron chi connectivity index (χ1n) is 4.84. The Labute approximate surface area is 92.7 Å². The smallest absolute Gasteiger partial charge is 0.367 e. The van der Waals surface area contributed by atoms with E-state index in [0.29, 0.717) is 0 Å². The minimum atomic E-state index is -4.53. The summed E-state index contributed by atoms with van der Waals surface area (Å²) in [6.45, 7) is -1.52. The first-order chi connectivity index (χ1) is 7.68. The van der Waals surface area contributed by atoms with E-state index < -0.39 is 42.5 Å². The first-order valence-corrected chi connectivity index (χ1v) is 4.84. The van der Waals surface area contributed by atoms with Crippen LogP contribution in [0.3, 0.4) is 0 Å². The van der Waals surface area contributed by atoms with Gasteiger partial charge in [0.15, 0.2) is 0 Å². The van der Waals surface area contributed by atoms with Crippen molar-refractivity contribution >= 4 is 0 Å². The maximum atomic E-state index is 12.5. The predicted octanol–water partition coefficient (Wildman–Crippen LogP) is 3.24. The molecule has 0 radical (unpaired) electrons. The molecular formula is C10H8F6O. The molecule has 0 heterocycles. The van der Waals surface area contributed by atoms with Crippen molar-refractivity contribution in [1.29, 1.82) is 0 Å². The van der Waals surface area contributed by atoms with Crippen molar-refractivity contribution in [3.63, 3.8) is 0 Å². The number of hydrogen-bond acceptors (Lipinski definition) is 1. The van der Waals surface area contributed by atoms with Gasteiger partial charge >= 0.3 is 12.4 Å². The Morgan fingerprint density at radius 1 is 1.06 bits per heavy atom. The van der Waals surface area contributed by atoms with Crippen LogP contribution in [0.4, 0.5) is 26.3 Å². The van der Waals surface area contributed by atoms with Crippen LogP contribution in [0, 0.1) is 11.8 Å². The third-order valence-corrected chi connectivity index (χ3v) is 2.77. The van der Waals surface area contributed by atoms with Gasteiger partial charge < -0.3 is 4.74 Å². The summed E-state index contributed by atoms with van der Waals surface area (Å²) in [5, 5.41) is 0. The number of fused-ring (bicyclic) bond motifs is 2. The van der Waals surface area contributed by atoms with Crippen molar-refractivity contribution in [1.82, 2.24) is 0 Å². The van der Waals surface area contributed by atoms with Gasteiger partial charge in [0, 0.05) is 17.4 Å². The molecule has 0 spiro atoms. The molecular weight excluding hydrogens is 250 g/mol. The molecule has 0 fully saturated rings. The van der Waals surface area contributed by atoms with E-state index in [2.05, 4.69) is 4.74 Å². The van der Waals surface area contributed by atoms with Crippen molar-refractivity contribution in [3.05, 3.63) is 23.8 Å². The molecule has 7 heteroatoms. The molecule has 96 valence electrons. The Kier molecular flexibility index (Phi) is 2.76. The molecule has 0 saturated carbocycles. The van der Waals surface area contributed by atoms with Crippen LogP contribution in [0.15, 0.2) is 23.8 Å². The molecule has 3 atom stereocenters. The number of hydrogen-bond donors (Lipinski definition) is 0. The standard InChI is InChI=1S/C10H8F6O/c11-9(12,13)4-17-8-5-1-2-6(8)7(3-5)10(14,15)16/h1-3,5-6,8H,4H2/t5-,6+,8-/m1/s1. The van der Waals surface area contributed by atoms with E-state index >= 15 is 0 Å². The SMILES string of the molecule is FC(F)(F)CO[C@@H]1[C@@H]2C=C[C@H]1C(C(F)(F)F)=C2. The van der Waals surface area contributed by atoms with Crippen LogP contribution in [0.25, 0.3) is 0 Å². The fraction of sp³-hybridized carbons (Fsp3) is 0.600. The Balaban J connectivity index is 2.02. The molecule has 1 nitrogen and oxygen atoms in total. The van der Waals surface area contributed by atoms with Gasteiger partial charge in [-0.25, -0.2) is 0 Å². The van der Waals surface area contributed by atoms with Gasteiger partial charge in [0.1, 0.15) is 6.61 Å². The molecule has 0 saturated heterocycles. The number of ether oxygens (including phenoxy) is 1. The third-order valence-electron chi connectivity index (χ3n) is 2.77. The topological polar surface area (TPSA) is 9.23 Å². The maximum absolute atomic E-state index is 12.5. The number of halogens is 6. The Morgan fingerprint density at radius 2 is 1.71 bits per heavy atom. The van der Waals surface area contributed by atoms with Crippen molar-refractivity contribution in [2.24, 2.45) is 11.8 Å². The van der Waals surface area contributed by atoms with Gasteiger partial charge in [0.25, 0.3) is 0 Å². The number of rotatable bonds is 2. The van der Waals surface area contributed by atoms with E-state index in [1.807, 2.05) is 0 Å². The van der Waals surface area contributed by atoms with Gasteiger partial charge in [-0.05, 0) is 0 Å². The highest BCUT2D eigenvalue weighted by molar-refractivity contribution is 5.36. The lowest BCUT2D eigenvalue weighted by molar-refractivity contribution is -0.189. The van der Waals surface area contributed by atoms with Crippen molar-refractivity contribution < 1.29 is 31.1 Å². The molecule has 0 aromatic rings. The summed E-state index contributed by atoms with van der Waals surface area (Å²) >= 11 is 0. The largest absolute Gasteiger partial charge is 0.413 e. The highest BCUT2D eigenvalue weighted by Crippen LogP contribution is 2.47. The second-order valence-electron chi connectivity index (χ2n) is 4.00. The summed E-state index contributed by atoms with van der Waals surface area (Å²) < 4.78 is 77.8. The summed E-state index contributed by atoms with van der Waals surface area (Å²) in [7, 11) is 0. The third kappa shape index (κ3) is 2.48. The van der Waals surface area contributed by atoms with E-state index in [0.717, 1.165) is 6.08 Å². The Morgan fingerprint density at radius 3 is 2.18 bits per heavy atom. The van der Waals surface area contributed by atoms with Crippen molar-refractivity contribution in [2.45, 2.75) is 18.5 Å². The Hall–Kier alpha value is -0.980. The van der Waals surface area contributed by atoms with E-state index in [1.54, 1.807) is 0 Å². The average Bonchev–Trinajstić information content (AvgIpc) is 2.68. The van der Waals surface area contributed by atoms with Crippen LogP contribution in [-0.4, -0.2) is 25.1 Å². The molecule has 2 rings (SSSR count). The van der Waals surface area contributed by atoms with Gasteiger partial charge in [-0.1, -0.05) is 18.2 Å². The van der Waals surface area contributed by atoms with Crippen LogP contribution in [0.1, 0.15) is 0 Å². The minimum Gasteiger partial charge on any atom is -0.367 e. The first kappa shape index (κ1) is 12.5. The zero-order chi connectivity index (χ0) is 12.8. The van der Waals surface area contributed by atoms with Crippen molar-refractivity contribution in [2.75, 3.05) is 6.61 Å². The van der Waals surface area contributed by atoms with Crippen LogP contribution < -0.4 is 0 Å². The molecule has 0 amide bonds. The van der Waals surface area contributed by atoms with Crippen LogP contribution in [-0.2, 0) is 4.74 Å². The lowest BCUT2D eigenvalue weighted by Gasteiger charge is -2.20. The van der Waals surface area contributed by atoms with Gasteiger partial charge in [-0.15, -0.1) is 0 Å². The fourth-order valence-corrected chi connectivity index (χ4v) is 2.14. The van der Waals surface area contributed by atoms with E-state index in [1.165, 1.54) is 12.2 Å². The molecule has 0 aliphatic heterocycles. The normalized spacial score (nSPS) is 32.1. The summed E-state index contributed by atoms with van der Waals surface area (Å²) in [4.78, 5) is 0. The van der Waals surface area contributed by atoms with Crippen LogP contribution >= 0.6 is 0 Å². The van der Waals surface area contributed by atoms with Gasteiger partial charge in [-0.3, -0.25) is 0 Å². The lowest BCUT2D eigenvalue weighted by atomic mass is 10.0. The van der Waals surface area contributed by atoms with Crippen molar-refractivity contribution in [3.8, 4) is 0 Å². The summed E-state index contributed by atoms with van der Waals surface area (Å²) in [5.41, 5.74) is -0.808. The monoisotopic (exact) mass is 258 g/mol. The zero-order valence-corrected chi connectivity index (χ0v) is 8.35. The predicted molar refractivity (Wildman–Crippen MR) is 46.1 cm³/mol. The molecule has 0 unspecified atom stereocenters. The summed E-state index contributed by atoms with van der Waals surface area (Å²) in [6.07, 6.45) is -6.47. The van der Waals surface area contributed by atoms with Gasteiger partial charge in [-0.2, -0.15) is 26.3 Å². The number of alkyl halides is 6. The zero-order valence-electron chi connectivity index (χ0n) is 8.35. The minimum absolute atomic E-state index is 0.709. The van der Waals surface area contributed by atoms with Gasteiger partial charge in [0.05, 0.1) is 6.10 Å². The quantitative estimate of drug-likeness (QED) is 0.545. The van der Waals surface area contributed by atoms with Gasteiger partial charge in [0.2, 0.25) is 0 Å². The lowest BCUT2D eigenvalue weighted by Crippen LogP contribution is -2.29. The van der Waals surface area contributed by atoms with E-state index in [4.69, 9.17) is 0 Å². The summed E-state index contributed by atoms with van der Waals surface area (Å²) in [6, 6.07) is 0. The van der Waals surface area contributed by atoms with Crippen LogP contribution in [0.5, 0.6) is 0 Å². The molecule has 0 aromatic heterocycles. The van der Waals surface area contributed by atoms with E-state index in [-0.39, 0.29) is 0 Å². The molecule has 0 aromatic carbocycles. The average molecular weight is 258 g/mol. The molecule has 2 aliphatic carbocycles. The second-order valence-corrected chi connectivity index (χ2v) is 4.00. The molecule has 0 N–H and O–H groups in total. The molecule has 2 aliphatic rings.